The lowest BCUT2D eigenvalue weighted by atomic mass is 10.1. The molecule has 0 unspecified atom stereocenters. The van der Waals surface area contributed by atoms with E-state index in [9.17, 15) is 0 Å². The second-order valence-electron chi connectivity index (χ2n) is 3.79. The van der Waals surface area contributed by atoms with Crippen molar-refractivity contribution in [2.24, 2.45) is 5.73 Å². The summed E-state index contributed by atoms with van der Waals surface area (Å²) in [7, 11) is 0. The van der Waals surface area contributed by atoms with Gasteiger partial charge in [0.2, 0.25) is 0 Å². The maximum atomic E-state index is 6.08. The maximum absolute atomic E-state index is 6.08. The number of rotatable bonds is 4. The van der Waals surface area contributed by atoms with Gasteiger partial charge in [0.1, 0.15) is 0 Å². The molecule has 0 aromatic heterocycles. The third kappa shape index (κ3) is 2.47. The summed E-state index contributed by atoms with van der Waals surface area (Å²) < 4.78 is 0. The quantitative estimate of drug-likeness (QED) is 0.799. The van der Waals surface area contributed by atoms with Gasteiger partial charge in [0.05, 0.1) is 0 Å². The minimum atomic E-state index is 0.577. The summed E-state index contributed by atoms with van der Waals surface area (Å²) in [5.41, 5.74) is 7.87. The van der Waals surface area contributed by atoms with Gasteiger partial charge in [-0.2, -0.15) is 0 Å². The summed E-state index contributed by atoms with van der Waals surface area (Å²) in [6.07, 6.45) is 2.60. The van der Waals surface area contributed by atoms with E-state index < -0.39 is 0 Å². The number of hydrogen-bond acceptors (Lipinski definition) is 2. The largest absolute Gasteiger partial charge is 0.326 e. The predicted octanol–water partition coefficient (Wildman–Crippen LogP) is 2.05. The highest BCUT2D eigenvalue weighted by Crippen LogP contribution is 2.22. The Kier molecular flexibility index (Phi) is 3.06. The van der Waals surface area contributed by atoms with Gasteiger partial charge in [0.15, 0.2) is 0 Å². The molecule has 0 saturated heterocycles. The Morgan fingerprint density at radius 3 is 2.86 bits per heavy atom. The van der Waals surface area contributed by atoms with Gasteiger partial charge in [-0.05, 0) is 30.0 Å². The Balaban J connectivity index is 2.04. The molecule has 2 rings (SSSR count). The van der Waals surface area contributed by atoms with Crippen molar-refractivity contribution < 1.29 is 0 Å². The van der Waals surface area contributed by atoms with Crippen molar-refractivity contribution in [1.29, 1.82) is 0 Å². The molecular formula is C11H15ClN2. The van der Waals surface area contributed by atoms with Crippen molar-refractivity contribution in [2.75, 3.05) is 0 Å². The maximum Gasteiger partial charge on any atom is 0.0451 e. The lowest BCUT2D eigenvalue weighted by Crippen LogP contribution is -2.15. The van der Waals surface area contributed by atoms with E-state index in [0.29, 0.717) is 12.6 Å². The molecule has 1 aromatic rings. The lowest BCUT2D eigenvalue weighted by Gasteiger charge is -2.07. The van der Waals surface area contributed by atoms with Gasteiger partial charge in [-0.15, -0.1) is 0 Å². The molecule has 1 fully saturated rings. The van der Waals surface area contributed by atoms with Crippen LogP contribution in [-0.4, -0.2) is 6.04 Å². The Labute approximate surface area is 89.4 Å². The van der Waals surface area contributed by atoms with E-state index in [2.05, 4.69) is 11.4 Å². The topological polar surface area (TPSA) is 38.0 Å². The minimum absolute atomic E-state index is 0.577. The fraction of sp³-hybridized carbons (Fsp3) is 0.455. The van der Waals surface area contributed by atoms with E-state index in [0.717, 1.165) is 22.7 Å². The van der Waals surface area contributed by atoms with Crippen LogP contribution >= 0.6 is 11.6 Å². The van der Waals surface area contributed by atoms with E-state index in [1.165, 1.54) is 12.8 Å². The van der Waals surface area contributed by atoms with Gasteiger partial charge in [-0.3, -0.25) is 0 Å². The normalized spacial score (nSPS) is 15.9. The van der Waals surface area contributed by atoms with Crippen molar-refractivity contribution in [3.63, 3.8) is 0 Å². The van der Waals surface area contributed by atoms with Crippen LogP contribution in [0, 0.1) is 0 Å². The van der Waals surface area contributed by atoms with Crippen LogP contribution in [-0.2, 0) is 13.1 Å². The van der Waals surface area contributed by atoms with Gasteiger partial charge in [-0.25, -0.2) is 0 Å². The number of benzene rings is 1. The summed E-state index contributed by atoms with van der Waals surface area (Å²) in [6.45, 7) is 1.44. The predicted molar refractivity (Wildman–Crippen MR) is 59.2 cm³/mol. The molecule has 0 bridgehead atoms. The Hall–Kier alpha value is -0.570. The van der Waals surface area contributed by atoms with Gasteiger partial charge in [-0.1, -0.05) is 23.7 Å². The second-order valence-corrected chi connectivity index (χ2v) is 4.19. The summed E-state index contributed by atoms with van der Waals surface area (Å²) in [5.74, 6) is 0. The number of halogens is 1. The first-order valence-corrected chi connectivity index (χ1v) is 5.38. The summed E-state index contributed by atoms with van der Waals surface area (Å²) in [5, 5.41) is 4.27. The molecule has 1 saturated carbocycles. The first kappa shape index (κ1) is 9.97. The fourth-order valence-corrected chi connectivity index (χ4v) is 1.62. The van der Waals surface area contributed by atoms with Crippen molar-refractivity contribution >= 4 is 11.6 Å². The van der Waals surface area contributed by atoms with E-state index >= 15 is 0 Å². The number of nitrogens with one attached hydrogen (secondary N) is 1. The highest BCUT2D eigenvalue weighted by molar-refractivity contribution is 6.31. The van der Waals surface area contributed by atoms with Crippen molar-refractivity contribution in [1.82, 2.24) is 5.32 Å². The molecule has 1 aliphatic rings. The van der Waals surface area contributed by atoms with Crippen LogP contribution in [0.15, 0.2) is 18.2 Å². The van der Waals surface area contributed by atoms with E-state index in [4.69, 9.17) is 17.3 Å². The van der Waals surface area contributed by atoms with Gasteiger partial charge >= 0.3 is 0 Å². The van der Waals surface area contributed by atoms with Crippen LogP contribution in [0.5, 0.6) is 0 Å². The summed E-state index contributed by atoms with van der Waals surface area (Å²) in [4.78, 5) is 0. The minimum Gasteiger partial charge on any atom is -0.326 e. The van der Waals surface area contributed by atoms with E-state index in [1.807, 2.05) is 12.1 Å². The highest BCUT2D eigenvalue weighted by Gasteiger charge is 2.20. The average molecular weight is 211 g/mol. The molecule has 1 aliphatic carbocycles. The third-order valence-corrected chi connectivity index (χ3v) is 2.87. The summed E-state index contributed by atoms with van der Waals surface area (Å²) >= 11 is 6.08. The molecule has 0 spiro atoms. The first-order chi connectivity index (χ1) is 6.79. The number of hydrogen-bond donors (Lipinski definition) is 2. The molecule has 0 heterocycles. The third-order valence-electron chi connectivity index (χ3n) is 2.50. The molecule has 1 aromatic carbocycles. The molecular weight excluding hydrogens is 196 g/mol. The fourth-order valence-electron chi connectivity index (χ4n) is 1.43. The molecule has 3 heteroatoms. The first-order valence-electron chi connectivity index (χ1n) is 5.00. The van der Waals surface area contributed by atoms with Crippen LogP contribution in [0.4, 0.5) is 0 Å². The van der Waals surface area contributed by atoms with Gasteiger partial charge in [0.25, 0.3) is 0 Å². The second kappa shape index (κ2) is 4.30. The standard InChI is InChI=1S/C11H15ClN2/c12-11-4-1-8(6-13)5-9(11)7-14-10-2-3-10/h1,4-5,10,14H,2-3,6-7,13H2. The zero-order valence-corrected chi connectivity index (χ0v) is 8.85. The molecule has 0 radical (unpaired) electrons. The van der Waals surface area contributed by atoms with Gasteiger partial charge in [0, 0.05) is 24.2 Å². The van der Waals surface area contributed by atoms with Crippen LogP contribution < -0.4 is 11.1 Å². The smallest absolute Gasteiger partial charge is 0.0451 e. The van der Waals surface area contributed by atoms with Crippen LogP contribution in [0.3, 0.4) is 0 Å². The number of nitrogens with two attached hydrogens (primary N) is 1. The molecule has 76 valence electrons. The monoisotopic (exact) mass is 210 g/mol. The molecule has 14 heavy (non-hydrogen) atoms. The molecule has 0 atom stereocenters. The zero-order chi connectivity index (χ0) is 9.97. The van der Waals surface area contributed by atoms with Crippen molar-refractivity contribution in [2.45, 2.75) is 32.0 Å². The highest BCUT2D eigenvalue weighted by atomic mass is 35.5. The van der Waals surface area contributed by atoms with Crippen LogP contribution in [0.25, 0.3) is 0 Å². The Morgan fingerprint density at radius 2 is 2.21 bits per heavy atom. The average Bonchev–Trinajstić information content (AvgIpc) is 3.00. The van der Waals surface area contributed by atoms with Crippen LogP contribution in [0.1, 0.15) is 24.0 Å². The lowest BCUT2D eigenvalue weighted by molar-refractivity contribution is 0.687. The summed E-state index contributed by atoms with van der Waals surface area (Å²) in [6, 6.07) is 6.70. The molecule has 3 N–H and O–H groups in total. The molecule has 0 aliphatic heterocycles. The van der Waals surface area contributed by atoms with Crippen molar-refractivity contribution in [3.05, 3.63) is 34.3 Å². The van der Waals surface area contributed by atoms with E-state index in [1.54, 1.807) is 0 Å². The van der Waals surface area contributed by atoms with Crippen LogP contribution in [0.2, 0.25) is 5.02 Å². The van der Waals surface area contributed by atoms with Gasteiger partial charge < -0.3 is 11.1 Å². The van der Waals surface area contributed by atoms with Crippen molar-refractivity contribution in [3.8, 4) is 0 Å². The Bertz CT molecular complexity index is 321. The molecule has 0 amide bonds. The Morgan fingerprint density at radius 1 is 1.43 bits per heavy atom. The van der Waals surface area contributed by atoms with E-state index in [-0.39, 0.29) is 0 Å². The SMILES string of the molecule is NCc1ccc(Cl)c(CNC2CC2)c1. The zero-order valence-electron chi connectivity index (χ0n) is 8.09. The molecule has 2 nitrogen and oxygen atoms in total.